The van der Waals surface area contributed by atoms with E-state index in [-0.39, 0.29) is 29.8 Å². The smallest absolute Gasteiger partial charge is 0.225 e. The van der Waals surface area contributed by atoms with Crippen LogP contribution in [0.4, 0.5) is 0 Å². The molecular formula is C25H29ClN2O2. The van der Waals surface area contributed by atoms with Crippen molar-refractivity contribution in [2.45, 2.75) is 63.6 Å². The Kier molecular flexibility index (Phi) is 6.73. The molecule has 0 radical (unpaired) electrons. The molecule has 2 aromatic rings. The number of nitrogens with one attached hydrogen (secondary N) is 1. The molecule has 0 bridgehead atoms. The van der Waals surface area contributed by atoms with E-state index in [9.17, 15) is 9.59 Å². The summed E-state index contributed by atoms with van der Waals surface area (Å²) in [4.78, 5) is 28.4. The van der Waals surface area contributed by atoms with E-state index in [1.54, 1.807) is 0 Å². The number of hydrogen-bond acceptors (Lipinski definition) is 2. The molecule has 2 aliphatic rings. The van der Waals surface area contributed by atoms with Gasteiger partial charge in [-0.25, -0.2) is 0 Å². The Morgan fingerprint density at radius 2 is 1.67 bits per heavy atom. The molecule has 1 N–H and O–H groups in total. The Bertz CT molecular complexity index is 862. The van der Waals surface area contributed by atoms with Crippen molar-refractivity contribution < 1.29 is 9.59 Å². The summed E-state index contributed by atoms with van der Waals surface area (Å²) >= 11 is 5.96. The van der Waals surface area contributed by atoms with Gasteiger partial charge >= 0.3 is 0 Å². The fourth-order valence-corrected chi connectivity index (χ4v) is 5.07. The molecule has 2 fully saturated rings. The predicted molar refractivity (Wildman–Crippen MR) is 119 cm³/mol. The van der Waals surface area contributed by atoms with E-state index in [4.69, 9.17) is 11.6 Å². The number of halogens is 1. The molecule has 1 aliphatic carbocycles. The monoisotopic (exact) mass is 424 g/mol. The van der Waals surface area contributed by atoms with Crippen LogP contribution in [-0.4, -0.2) is 22.8 Å². The molecule has 1 aliphatic heterocycles. The highest BCUT2D eigenvalue weighted by Crippen LogP contribution is 2.41. The van der Waals surface area contributed by atoms with Crippen LogP contribution in [0.5, 0.6) is 0 Å². The van der Waals surface area contributed by atoms with Crippen molar-refractivity contribution in [3.63, 3.8) is 0 Å². The van der Waals surface area contributed by atoms with Crippen LogP contribution in [0.3, 0.4) is 0 Å². The van der Waals surface area contributed by atoms with E-state index in [0.717, 1.165) is 36.8 Å². The molecule has 30 heavy (non-hydrogen) atoms. The van der Waals surface area contributed by atoms with E-state index in [1.807, 2.05) is 42.5 Å². The van der Waals surface area contributed by atoms with Gasteiger partial charge in [-0.3, -0.25) is 9.59 Å². The van der Waals surface area contributed by atoms with E-state index in [2.05, 4.69) is 22.3 Å². The second kappa shape index (κ2) is 9.65. The van der Waals surface area contributed by atoms with E-state index in [1.165, 1.54) is 6.42 Å². The highest BCUT2D eigenvalue weighted by atomic mass is 35.5. The Labute approximate surface area is 183 Å². The van der Waals surface area contributed by atoms with Gasteiger partial charge in [-0.05, 0) is 42.5 Å². The van der Waals surface area contributed by atoms with Gasteiger partial charge in [0.2, 0.25) is 11.8 Å². The topological polar surface area (TPSA) is 49.4 Å². The third kappa shape index (κ3) is 4.70. The first-order valence-electron chi connectivity index (χ1n) is 11.0. The molecule has 2 aromatic carbocycles. The minimum absolute atomic E-state index is 0.0205. The van der Waals surface area contributed by atoms with Crippen LogP contribution in [0.25, 0.3) is 0 Å². The molecule has 4 nitrogen and oxygen atoms in total. The van der Waals surface area contributed by atoms with Crippen molar-refractivity contribution in [3.05, 3.63) is 70.7 Å². The highest BCUT2D eigenvalue weighted by molar-refractivity contribution is 6.30. The Hall–Kier alpha value is -2.33. The van der Waals surface area contributed by atoms with Crippen molar-refractivity contribution in [2.75, 3.05) is 0 Å². The minimum atomic E-state index is -0.237. The summed E-state index contributed by atoms with van der Waals surface area (Å²) in [5.41, 5.74) is 2.07. The van der Waals surface area contributed by atoms with Crippen LogP contribution < -0.4 is 5.32 Å². The summed E-state index contributed by atoms with van der Waals surface area (Å²) in [5, 5.41) is 3.79. The number of rotatable bonds is 5. The summed E-state index contributed by atoms with van der Waals surface area (Å²) in [7, 11) is 0. The van der Waals surface area contributed by atoms with Gasteiger partial charge in [-0.2, -0.15) is 0 Å². The molecule has 2 atom stereocenters. The summed E-state index contributed by atoms with van der Waals surface area (Å²) in [6, 6.07) is 17.6. The normalized spacial score (nSPS) is 22.7. The molecule has 158 valence electrons. The van der Waals surface area contributed by atoms with Crippen molar-refractivity contribution >= 4 is 23.4 Å². The third-order valence-electron chi connectivity index (χ3n) is 6.46. The first kappa shape index (κ1) is 20.9. The molecule has 0 aromatic heterocycles. The first-order valence-corrected chi connectivity index (χ1v) is 11.4. The van der Waals surface area contributed by atoms with E-state index in [0.29, 0.717) is 24.4 Å². The number of carbonyl (C=O) groups excluding carboxylic acids is 2. The lowest BCUT2D eigenvalue weighted by atomic mass is 9.80. The largest absolute Gasteiger partial charge is 0.352 e. The van der Waals surface area contributed by atoms with Crippen LogP contribution in [0.2, 0.25) is 5.02 Å². The number of likely N-dealkylation sites (tertiary alicyclic amines) is 1. The molecule has 0 spiro atoms. The van der Waals surface area contributed by atoms with Gasteiger partial charge in [0, 0.05) is 24.0 Å². The van der Waals surface area contributed by atoms with E-state index < -0.39 is 0 Å². The summed E-state index contributed by atoms with van der Waals surface area (Å²) in [5.74, 6) is -0.0241. The molecule has 1 saturated carbocycles. The highest BCUT2D eigenvalue weighted by Gasteiger charge is 2.43. The summed E-state index contributed by atoms with van der Waals surface area (Å²) in [6.45, 7) is 0.464. The number of hydrogen-bond donors (Lipinski definition) is 1. The lowest BCUT2D eigenvalue weighted by Crippen LogP contribution is -2.52. The van der Waals surface area contributed by atoms with Gasteiger partial charge in [0.25, 0.3) is 0 Å². The van der Waals surface area contributed by atoms with Crippen LogP contribution in [0, 0.1) is 5.92 Å². The van der Waals surface area contributed by atoms with Crippen LogP contribution in [-0.2, 0) is 16.1 Å². The number of amides is 2. The molecule has 1 heterocycles. The minimum Gasteiger partial charge on any atom is -0.352 e. The maximum absolute atomic E-state index is 13.3. The van der Waals surface area contributed by atoms with Crippen LogP contribution in [0.15, 0.2) is 54.6 Å². The standard InChI is InChI=1S/C25H29ClN2O2/c26-20-13-11-18(12-14-20)17-27-25(30)22-15-16-23(29)28(21-9-5-2-6-10-21)24(22)19-7-3-1-4-8-19/h1,3-4,7-8,11-14,21-22,24H,2,5-6,9-10,15-17H2,(H,27,30)/t22-,24-/m1/s1. The van der Waals surface area contributed by atoms with Crippen LogP contribution in [0.1, 0.15) is 62.1 Å². The third-order valence-corrected chi connectivity index (χ3v) is 6.72. The molecular weight excluding hydrogens is 396 g/mol. The van der Waals surface area contributed by atoms with Crippen molar-refractivity contribution in [2.24, 2.45) is 5.92 Å². The average Bonchev–Trinajstić information content (AvgIpc) is 2.79. The summed E-state index contributed by atoms with van der Waals surface area (Å²) in [6.07, 6.45) is 6.65. The zero-order valence-corrected chi connectivity index (χ0v) is 18.0. The maximum Gasteiger partial charge on any atom is 0.225 e. The lowest BCUT2D eigenvalue weighted by Gasteiger charge is -2.46. The molecule has 5 heteroatoms. The van der Waals surface area contributed by atoms with Crippen molar-refractivity contribution in [1.29, 1.82) is 0 Å². The number of benzene rings is 2. The molecule has 1 saturated heterocycles. The Morgan fingerprint density at radius 1 is 0.967 bits per heavy atom. The fraction of sp³-hybridized carbons (Fsp3) is 0.440. The quantitative estimate of drug-likeness (QED) is 0.710. The SMILES string of the molecule is O=C(NCc1ccc(Cl)cc1)[C@@H]1CCC(=O)N(C2CCCCC2)[C@@H]1c1ccccc1. The molecule has 4 rings (SSSR count). The van der Waals surface area contributed by atoms with E-state index >= 15 is 0 Å². The van der Waals surface area contributed by atoms with Gasteiger partial charge in [0.15, 0.2) is 0 Å². The molecule has 0 unspecified atom stereocenters. The summed E-state index contributed by atoms with van der Waals surface area (Å²) < 4.78 is 0. The molecule has 2 amide bonds. The lowest BCUT2D eigenvalue weighted by molar-refractivity contribution is -0.147. The van der Waals surface area contributed by atoms with Gasteiger partial charge in [-0.15, -0.1) is 0 Å². The number of nitrogens with zero attached hydrogens (tertiary/aromatic N) is 1. The predicted octanol–water partition coefficient (Wildman–Crippen LogP) is 5.27. The maximum atomic E-state index is 13.3. The Morgan fingerprint density at radius 3 is 2.37 bits per heavy atom. The average molecular weight is 425 g/mol. The zero-order chi connectivity index (χ0) is 20.9. The zero-order valence-electron chi connectivity index (χ0n) is 17.2. The van der Waals surface area contributed by atoms with Crippen molar-refractivity contribution in [3.8, 4) is 0 Å². The number of piperidine rings is 1. The van der Waals surface area contributed by atoms with Gasteiger partial charge in [0.05, 0.1) is 12.0 Å². The van der Waals surface area contributed by atoms with Gasteiger partial charge in [-0.1, -0.05) is 73.3 Å². The fourth-order valence-electron chi connectivity index (χ4n) is 4.95. The van der Waals surface area contributed by atoms with Crippen molar-refractivity contribution in [1.82, 2.24) is 10.2 Å². The first-order chi connectivity index (χ1) is 14.6. The van der Waals surface area contributed by atoms with Gasteiger partial charge in [0.1, 0.15) is 0 Å². The van der Waals surface area contributed by atoms with Gasteiger partial charge < -0.3 is 10.2 Å². The second-order valence-corrected chi connectivity index (χ2v) is 8.87. The number of carbonyl (C=O) groups is 2. The second-order valence-electron chi connectivity index (χ2n) is 8.44. The van der Waals surface area contributed by atoms with Crippen LogP contribution >= 0.6 is 11.6 Å². The Balaban J connectivity index is 1.57.